The Morgan fingerprint density at radius 2 is 1.74 bits per heavy atom. The van der Waals surface area contributed by atoms with Crippen molar-refractivity contribution >= 4 is 11.9 Å². The van der Waals surface area contributed by atoms with Crippen LogP contribution in [0.3, 0.4) is 0 Å². The number of benzene rings is 1. The number of aliphatic hydroxyl groups is 1. The first-order valence-corrected chi connectivity index (χ1v) is 8.18. The first-order chi connectivity index (χ1) is 12.5. The van der Waals surface area contributed by atoms with E-state index >= 15 is 0 Å². The Morgan fingerprint density at radius 3 is 2.19 bits per heavy atom. The topological polar surface area (TPSA) is 110 Å². The molecule has 0 bridgehead atoms. The zero-order valence-corrected chi connectivity index (χ0v) is 14.8. The van der Waals surface area contributed by atoms with Gasteiger partial charge >= 0.3 is 18.1 Å². The molecule has 7 nitrogen and oxygen atoms in total. The Bertz CT molecular complexity index is 632. The van der Waals surface area contributed by atoms with E-state index in [1.165, 1.54) is 12.1 Å². The molecule has 1 saturated heterocycles. The van der Waals surface area contributed by atoms with Crippen LogP contribution in [0.4, 0.5) is 13.2 Å². The molecule has 0 unspecified atom stereocenters. The van der Waals surface area contributed by atoms with E-state index in [1.54, 1.807) is 13.1 Å². The fraction of sp³-hybridized carbons (Fsp3) is 0.529. The molecule has 10 heteroatoms. The second kappa shape index (κ2) is 9.67. The number of hydrogen-bond acceptors (Lipinski definition) is 5. The summed E-state index contributed by atoms with van der Waals surface area (Å²) in [7, 11) is 1.80. The van der Waals surface area contributed by atoms with Gasteiger partial charge in [0.1, 0.15) is 0 Å². The standard InChI is InChI=1S/C15H21F3N2O.C2H2O4/c1-19-11-14(21)5-7-20(8-6-14)10-12-3-2-4-13(9-12)15(16,17)18;3-1(4)2(5)6/h2-4,9,19,21H,5-8,10-11H2,1H3;(H,3,4)(H,5,6). The minimum Gasteiger partial charge on any atom is -0.473 e. The molecule has 1 heterocycles. The lowest BCUT2D eigenvalue weighted by Crippen LogP contribution is -2.49. The summed E-state index contributed by atoms with van der Waals surface area (Å²) in [5.74, 6) is -3.65. The number of rotatable bonds is 4. The van der Waals surface area contributed by atoms with Crippen LogP contribution >= 0.6 is 0 Å². The minimum absolute atomic E-state index is 0.486. The summed E-state index contributed by atoms with van der Waals surface area (Å²) in [4.78, 5) is 20.3. The number of aliphatic carboxylic acids is 2. The molecular formula is C17H23F3N2O5. The van der Waals surface area contributed by atoms with Crippen molar-refractivity contribution < 1.29 is 38.1 Å². The van der Waals surface area contributed by atoms with E-state index in [-0.39, 0.29) is 0 Å². The number of hydrogen-bond donors (Lipinski definition) is 4. The molecule has 1 fully saturated rings. The molecule has 1 aromatic rings. The van der Waals surface area contributed by atoms with Crippen molar-refractivity contribution in [2.75, 3.05) is 26.7 Å². The Hall–Kier alpha value is -2.17. The summed E-state index contributed by atoms with van der Waals surface area (Å²) in [5, 5.41) is 28.0. The van der Waals surface area contributed by atoms with Crippen molar-refractivity contribution in [3.8, 4) is 0 Å². The summed E-state index contributed by atoms with van der Waals surface area (Å²) < 4.78 is 38.0. The van der Waals surface area contributed by atoms with Crippen LogP contribution in [-0.4, -0.2) is 64.4 Å². The molecule has 4 N–H and O–H groups in total. The number of likely N-dealkylation sites (N-methyl/N-ethyl adjacent to an activating group) is 1. The lowest BCUT2D eigenvalue weighted by molar-refractivity contribution is -0.159. The number of halogens is 3. The number of piperidine rings is 1. The van der Waals surface area contributed by atoms with E-state index in [0.29, 0.717) is 44.6 Å². The van der Waals surface area contributed by atoms with E-state index in [1.807, 2.05) is 0 Å². The van der Waals surface area contributed by atoms with Gasteiger partial charge in [-0.2, -0.15) is 13.2 Å². The Kier molecular flexibility index (Phi) is 8.20. The van der Waals surface area contributed by atoms with Gasteiger partial charge in [-0.05, 0) is 31.5 Å². The summed E-state index contributed by atoms with van der Waals surface area (Å²) in [6.45, 7) is 2.41. The minimum atomic E-state index is -4.30. The highest BCUT2D eigenvalue weighted by molar-refractivity contribution is 6.27. The number of alkyl halides is 3. The number of nitrogens with one attached hydrogen (secondary N) is 1. The quantitative estimate of drug-likeness (QED) is 0.574. The highest BCUT2D eigenvalue weighted by Gasteiger charge is 2.32. The third-order valence-corrected chi connectivity index (χ3v) is 4.14. The van der Waals surface area contributed by atoms with Crippen LogP contribution < -0.4 is 5.32 Å². The zero-order chi connectivity index (χ0) is 20.7. The molecule has 1 aromatic carbocycles. The van der Waals surface area contributed by atoms with E-state index < -0.39 is 29.3 Å². The number of carbonyl (C=O) groups is 2. The highest BCUT2D eigenvalue weighted by Crippen LogP contribution is 2.30. The summed E-state index contributed by atoms with van der Waals surface area (Å²) in [6, 6.07) is 5.45. The van der Waals surface area contributed by atoms with Gasteiger partial charge in [-0.25, -0.2) is 9.59 Å². The Labute approximate surface area is 154 Å². The number of carboxylic acids is 2. The third-order valence-electron chi connectivity index (χ3n) is 4.14. The second-order valence-electron chi connectivity index (χ2n) is 6.34. The van der Waals surface area contributed by atoms with E-state index in [9.17, 15) is 18.3 Å². The third kappa shape index (κ3) is 7.94. The molecule has 152 valence electrons. The van der Waals surface area contributed by atoms with Crippen molar-refractivity contribution in [2.24, 2.45) is 0 Å². The predicted molar refractivity (Wildman–Crippen MR) is 90.1 cm³/mol. The molecule has 1 aliphatic heterocycles. The first kappa shape index (κ1) is 22.9. The van der Waals surface area contributed by atoms with Gasteiger partial charge in [0.25, 0.3) is 0 Å². The van der Waals surface area contributed by atoms with Crippen LogP contribution in [0.15, 0.2) is 24.3 Å². The van der Waals surface area contributed by atoms with E-state index in [4.69, 9.17) is 19.8 Å². The average molecular weight is 392 g/mol. The van der Waals surface area contributed by atoms with E-state index in [2.05, 4.69) is 10.2 Å². The average Bonchev–Trinajstić information content (AvgIpc) is 2.57. The van der Waals surface area contributed by atoms with E-state index in [0.717, 1.165) is 6.07 Å². The van der Waals surface area contributed by atoms with Crippen molar-refractivity contribution in [1.82, 2.24) is 10.2 Å². The maximum atomic E-state index is 12.7. The number of nitrogens with zero attached hydrogens (tertiary/aromatic N) is 1. The molecule has 0 aliphatic carbocycles. The largest absolute Gasteiger partial charge is 0.473 e. The SMILES string of the molecule is CNCC1(O)CCN(Cc2cccc(C(F)(F)F)c2)CC1.O=C(O)C(=O)O. The van der Waals surface area contributed by atoms with Gasteiger partial charge in [0.15, 0.2) is 0 Å². The predicted octanol–water partition coefficient (Wildman–Crippen LogP) is 1.41. The smallest absolute Gasteiger partial charge is 0.416 e. The number of likely N-dealkylation sites (tertiary alicyclic amines) is 1. The first-order valence-electron chi connectivity index (χ1n) is 8.18. The number of carboxylic acid groups (broad SMARTS) is 2. The molecular weight excluding hydrogens is 369 g/mol. The van der Waals surface area contributed by atoms with Crippen LogP contribution in [0, 0.1) is 0 Å². The lowest BCUT2D eigenvalue weighted by atomic mass is 9.91. The van der Waals surface area contributed by atoms with Gasteiger partial charge in [0, 0.05) is 26.2 Å². The maximum absolute atomic E-state index is 12.7. The highest BCUT2D eigenvalue weighted by atomic mass is 19.4. The summed E-state index contributed by atoms with van der Waals surface area (Å²) >= 11 is 0. The van der Waals surface area contributed by atoms with Gasteiger partial charge in [-0.1, -0.05) is 18.2 Å². The Morgan fingerprint density at radius 1 is 1.19 bits per heavy atom. The molecule has 0 radical (unpaired) electrons. The fourth-order valence-electron chi connectivity index (χ4n) is 2.74. The van der Waals surface area contributed by atoms with Gasteiger partial charge < -0.3 is 20.6 Å². The fourth-order valence-corrected chi connectivity index (χ4v) is 2.74. The maximum Gasteiger partial charge on any atom is 0.416 e. The molecule has 0 atom stereocenters. The normalized spacial score (nSPS) is 16.9. The summed E-state index contributed by atoms with van der Waals surface area (Å²) in [5.41, 5.74) is -0.647. The molecule has 0 spiro atoms. The monoisotopic (exact) mass is 392 g/mol. The van der Waals surface area contributed by atoms with Crippen LogP contribution in [0.2, 0.25) is 0 Å². The summed E-state index contributed by atoms with van der Waals surface area (Å²) in [6.07, 6.45) is -3.04. The molecule has 1 aliphatic rings. The van der Waals surface area contributed by atoms with Crippen molar-refractivity contribution in [3.63, 3.8) is 0 Å². The zero-order valence-electron chi connectivity index (χ0n) is 14.8. The molecule has 0 amide bonds. The van der Waals surface area contributed by atoms with Gasteiger partial charge in [-0.15, -0.1) is 0 Å². The molecule has 2 rings (SSSR count). The Balaban J connectivity index is 0.000000527. The van der Waals surface area contributed by atoms with Gasteiger partial charge in [0.05, 0.1) is 11.2 Å². The van der Waals surface area contributed by atoms with Gasteiger partial charge in [-0.3, -0.25) is 4.90 Å². The lowest BCUT2D eigenvalue weighted by Gasteiger charge is -2.38. The molecule has 0 saturated carbocycles. The van der Waals surface area contributed by atoms with Crippen LogP contribution in [0.5, 0.6) is 0 Å². The van der Waals surface area contributed by atoms with Gasteiger partial charge in [0.2, 0.25) is 0 Å². The van der Waals surface area contributed by atoms with Crippen molar-refractivity contribution in [3.05, 3.63) is 35.4 Å². The van der Waals surface area contributed by atoms with Crippen molar-refractivity contribution in [2.45, 2.75) is 31.2 Å². The van der Waals surface area contributed by atoms with Crippen LogP contribution in [0.25, 0.3) is 0 Å². The van der Waals surface area contributed by atoms with Crippen molar-refractivity contribution in [1.29, 1.82) is 0 Å². The second-order valence-corrected chi connectivity index (χ2v) is 6.34. The molecule has 27 heavy (non-hydrogen) atoms. The van der Waals surface area contributed by atoms with Crippen LogP contribution in [-0.2, 0) is 22.3 Å². The molecule has 0 aromatic heterocycles. The van der Waals surface area contributed by atoms with Crippen LogP contribution in [0.1, 0.15) is 24.0 Å².